The van der Waals surface area contributed by atoms with Gasteiger partial charge in [0.05, 0.1) is 66.4 Å². The highest BCUT2D eigenvalue weighted by atomic mass is 15.2. The number of hydrogen-bond acceptors (Lipinski definition) is 2. The number of rotatable bonds is 11. The van der Waals surface area contributed by atoms with Crippen LogP contribution in [0.4, 0.5) is 34.1 Å². The molecular weight excluding hydrogens is 1400 g/mol. The lowest BCUT2D eigenvalue weighted by molar-refractivity contribution is 0.569. The Morgan fingerprint density at radius 1 is 0.250 bits per heavy atom. The standard InChI is InChI=1S/C110H82BN5/c1-109(2,3)78-62-77(63-79(68-78)110(4,5)6)92-64-75(65-93-91-48-26-31-57-100(91)114(108(92)93)80-42-20-11-21-43-80)76-66-103-105-104(67-76)116(107-85(73-38-16-9-17-39-73)51-33-52-86(107)74-40-18-10-19-41-74)102-70-82(113-98-55-29-24-46-89(98)90-47-25-30-56-99(90)113)59-61-95(102)111(105)94-60-58-81(112-96-53-27-22-44-87(96)88-45-23-28-54-97(88)112)69-101(94)115(103)106-83(71-34-12-7-13-35-71)49-32-50-84(106)72-36-14-8-15-37-72/h7-70H,1-6H3/i22D,23D,24D,25D,27D,28D,29D,30D,44D,45D,46D,47D,53D,54D,55D,56D. The van der Waals surface area contributed by atoms with E-state index in [1.165, 1.54) is 0 Å². The maximum absolute atomic E-state index is 10.0. The zero-order chi connectivity index (χ0) is 91.6. The first-order chi connectivity index (χ1) is 63.5. The van der Waals surface area contributed by atoms with Crippen molar-refractivity contribution in [3.63, 3.8) is 0 Å². The average molecular weight is 1500 g/mol. The Bertz CT molecular complexity index is 7700. The van der Waals surface area contributed by atoms with Crippen molar-refractivity contribution < 1.29 is 21.9 Å². The number of anilines is 6. The fourth-order valence-corrected chi connectivity index (χ4v) is 18.2. The minimum atomic E-state index is -0.837. The molecule has 0 fully saturated rings. The normalized spacial score (nSPS) is 14.6. The van der Waals surface area contributed by atoms with Gasteiger partial charge in [0.2, 0.25) is 0 Å². The van der Waals surface area contributed by atoms with E-state index in [1.54, 1.807) is 9.13 Å². The molecule has 0 atom stereocenters. The third-order valence-electron chi connectivity index (χ3n) is 23.6. The Balaban J connectivity index is 0.977. The van der Waals surface area contributed by atoms with Gasteiger partial charge in [0.15, 0.2) is 0 Å². The van der Waals surface area contributed by atoms with Crippen molar-refractivity contribution in [2.75, 3.05) is 9.80 Å². The van der Waals surface area contributed by atoms with Crippen LogP contribution in [-0.4, -0.2) is 20.4 Å². The lowest BCUT2D eigenvalue weighted by atomic mass is 9.33. The molecule has 0 spiro atoms. The van der Waals surface area contributed by atoms with Gasteiger partial charge in [0, 0.05) is 99.9 Å². The van der Waals surface area contributed by atoms with Gasteiger partial charge in [0.25, 0.3) is 6.71 Å². The molecule has 2 aliphatic rings. The second-order valence-electron chi connectivity index (χ2n) is 32.4. The molecular formula is C110H82BN5. The van der Waals surface area contributed by atoms with Gasteiger partial charge in [-0.2, -0.15) is 0 Å². The summed E-state index contributed by atoms with van der Waals surface area (Å²) in [6, 6.07) is 92.3. The van der Waals surface area contributed by atoms with E-state index in [2.05, 4.69) is 232 Å². The van der Waals surface area contributed by atoms with Gasteiger partial charge < -0.3 is 23.5 Å². The highest BCUT2D eigenvalue weighted by Crippen LogP contribution is 2.56. The van der Waals surface area contributed by atoms with Crippen LogP contribution in [0.3, 0.4) is 0 Å². The SMILES string of the molecule is [2H]c1c([2H])c([2H])c2c(c1[2H])c1c([2H])c([2H])c([2H])c([2H])c1n2-c1ccc2c(c1)N(c1c(-c3ccccc3)cccc1-c1ccccc1)c1cc(-c3cc(-c4cc(C(C)(C)C)cc(C(C)(C)C)c4)c4c(c3)c3ccccc3n4-c3ccccc3)cc3c1B2c1ccc(-n2c4c([2H])c([2H])c([2H])c([2H])c4c4c([2H])c([2H])c([2H])c([2H])c42)cc1N3c1c(-c2ccccc2)cccc1-c1ccccc1. The number of benzene rings is 17. The second kappa shape index (κ2) is 26.7. The van der Waals surface area contributed by atoms with Crippen LogP contribution in [0.5, 0.6) is 0 Å². The van der Waals surface area contributed by atoms with E-state index < -0.39 is 103 Å². The number of para-hydroxylation sites is 8. The molecule has 20 aromatic rings. The highest BCUT2D eigenvalue weighted by Gasteiger charge is 2.46. The summed E-state index contributed by atoms with van der Waals surface area (Å²) >= 11 is 0. The summed E-state index contributed by atoms with van der Waals surface area (Å²) in [6.45, 7) is 12.7. The Morgan fingerprint density at radius 3 is 1.03 bits per heavy atom. The van der Waals surface area contributed by atoms with Gasteiger partial charge in [0.1, 0.15) is 0 Å². The summed E-state index contributed by atoms with van der Waals surface area (Å²) in [6.07, 6.45) is 0. The maximum atomic E-state index is 10.0. The van der Waals surface area contributed by atoms with Crippen LogP contribution in [-0.2, 0) is 10.8 Å². The van der Waals surface area contributed by atoms with Crippen LogP contribution in [0.25, 0.3) is 149 Å². The molecule has 0 N–H and O–H groups in total. The number of fused-ring (bicyclic) bond motifs is 13. The zero-order valence-electron chi connectivity index (χ0n) is 80.5. The van der Waals surface area contributed by atoms with E-state index >= 15 is 0 Å². The van der Waals surface area contributed by atoms with E-state index in [0.717, 1.165) is 122 Å². The highest BCUT2D eigenvalue weighted by molar-refractivity contribution is 7.00. The van der Waals surface area contributed by atoms with Crippen molar-refractivity contribution in [1.29, 1.82) is 0 Å². The summed E-state index contributed by atoms with van der Waals surface area (Å²) in [5, 5.41) is 1.63. The first-order valence-electron chi connectivity index (χ1n) is 47.4. The Kier molecular flexibility index (Phi) is 12.4. The Morgan fingerprint density at radius 2 is 0.621 bits per heavy atom. The van der Waals surface area contributed by atoms with Crippen LogP contribution in [0, 0.1) is 0 Å². The molecule has 5 nitrogen and oxygen atoms in total. The van der Waals surface area contributed by atoms with E-state index in [9.17, 15) is 21.9 Å². The molecule has 0 bridgehead atoms. The van der Waals surface area contributed by atoms with Crippen molar-refractivity contribution >= 4 is 123 Å². The van der Waals surface area contributed by atoms with Gasteiger partial charge in [-0.25, -0.2) is 0 Å². The molecule has 0 saturated heterocycles. The van der Waals surface area contributed by atoms with Gasteiger partial charge in [-0.05, 0) is 168 Å². The second-order valence-corrected chi connectivity index (χ2v) is 32.4. The van der Waals surface area contributed by atoms with Gasteiger partial charge in [-0.1, -0.05) is 339 Å². The molecule has 5 heterocycles. The Hall–Kier alpha value is -14.2. The molecule has 116 heavy (non-hydrogen) atoms. The summed E-state index contributed by atoms with van der Waals surface area (Å²) in [7, 11) is 0. The number of aromatic nitrogens is 3. The van der Waals surface area contributed by atoms with Crippen LogP contribution in [0.2, 0.25) is 0 Å². The predicted molar refractivity (Wildman–Crippen MR) is 493 cm³/mol. The summed E-state index contributed by atoms with van der Waals surface area (Å²) in [5.74, 6) is 0. The molecule has 0 unspecified atom stereocenters. The third kappa shape index (κ3) is 10.9. The summed E-state index contributed by atoms with van der Waals surface area (Å²) in [5.41, 5.74) is 21.4. The van der Waals surface area contributed by atoms with E-state index in [4.69, 9.17) is 0 Å². The van der Waals surface area contributed by atoms with Crippen molar-refractivity contribution in [1.82, 2.24) is 13.7 Å². The molecule has 0 saturated carbocycles. The smallest absolute Gasteiger partial charge is 0.252 e. The molecule has 6 heteroatoms. The zero-order valence-corrected chi connectivity index (χ0v) is 64.5. The molecule has 3 aromatic heterocycles. The summed E-state index contributed by atoms with van der Waals surface area (Å²) in [4.78, 5) is 4.67. The first kappa shape index (κ1) is 53.7. The topological polar surface area (TPSA) is 21.3 Å². The van der Waals surface area contributed by atoms with Crippen molar-refractivity contribution in [2.45, 2.75) is 52.4 Å². The van der Waals surface area contributed by atoms with Crippen LogP contribution >= 0.6 is 0 Å². The van der Waals surface area contributed by atoms with Crippen LogP contribution in [0.15, 0.2) is 388 Å². The summed E-state index contributed by atoms with van der Waals surface area (Å²) < 4.78 is 159. The fraction of sp³-hybridized carbons (Fsp3) is 0.0727. The molecule has 22 rings (SSSR count). The Labute approximate surface area is 699 Å². The minimum absolute atomic E-state index is 0.0651. The fourth-order valence-electron chi connectivity index (χ4n) is 18.2. The van der Waals surface area contributed by atoms with Crippen molar-refractivity contribution in [3.8, 4) is 83.8 Å². The molecule has 0 aliphatic carbocycles. The third-order valence-corrected chi connectivity index (χ3v) is 23.6. The molecule has 550 valence electrons. The predicted octanol–water partition coefficient (Wildman–Crippen LogP) is 27.7. The number of hydrogen-bond donors (Lipinski definition) is 0. The largest absolute Gasteiger partial charge is 0.310 e. The van der Waals surface area contributed by atoms with Gasteiger partial charge in [-0.15, -0.1) is 0 Å². The number of nitrogens with zero attached hydrogens (tertiary/aromatic N) is 5. The van der Waals surface area contributed by atoms with Crippen LogP contribution < -0.4 is 26.2 Å². The molecule has 0 radical (unpaired) electrons. The minimum Gasteiger partial charge on any atom is -0.310 e. The van der Waals surface area contributed by atoms with Gasteiger partial charge in [-0.3, -0.25) is 0 Å². The molecule has 0 amide bonds. The van der Waals surface area contributed by atoms with Gasteiger partial charge >= 0.3 is 0 Å². The quantitative estimate of drug-likeness (QED) is 0.120. The van der Waals surface area contributed by atoms with E-state index in [-0.39, 0.29) is 54.4 Å². The van der Waals surface area contributed by atoms with Crippen molar-refractivity contribution in [3.05, 3.63) is 399 Å². The maximum Gasteiger partial charge on any atom is 0.252 e. The lowest BCUT2D eigenvalue weighted by Crippen LogP contribution is -2.61. The van der Waals surface area contributed by atoms with E-state index in [1.807, 2.05) is 115 Å². The van der Waals surface area contributed by atoms with E-state index in [0.29, 0.717) is 45.0 Å². The molecule has 2 aliphatic heterocycles. The monoisotopic (exact) mass is 1500 g/mol. The lowest BCUT2D eigenvalue weighted by Gasteiger charge is -2.46. The van der Waals surface area contributed by atoms with Crippen LogP contribution in [0.1, 0.15) is 74.6 Å². The molecule has 17 aromatic carbocycles. The average Bonchev–Trinajstić information content (AvgIpc) is 0.819. The van der Waals surface area contributed by atoms with Crippen molar-refractivity contribution in [2.24, 2.45) is 0 Å². The first-order valence-corrected chi connectivity index (χ1v) is 39.4.